The molecule has 4 rings (SSSR count). The van der Waals surface area contributed by atoms with Gasteiger partial charge >= 0.3 is 0 Å². The molecule has 3 aliphatic rings. The fourth-order valence-electron chi connectivity index (χ4n) is 3.58. The topological polar surface area (TPSA) is 70.6 Å². The molecule has 7 heteroatoms. The number of rotatable bonds is 4. The van der Waals surface area contributed by atoms with Crippen LogP contribution in [0.5, 0.6) is 0 Å². The van der Waals surface area contributed by atoms with Gasteiger partial charge in [0.15, 0.2) is 5.17 Å². The Morgan fingerprint density at radius 3 is 2.88 bits per heavy atom. The Kier molecular flexibility index (Phi) is 4.56. The standard InChI is InChI=1S/C18H18ClN3O2S/c19-12-3-1-2-4-13(12)20-16(23)9-15-17(24)22-18(25-15)21-14-8-10-5-6-11(14)7-10/h1-6,10-11,14-15H,7-9H2,(H,20,23)(H,21,22,24). The molecule has 1 heterocycles. The smallest absolute Gasteiger partial charge is 0.240 e. The number of hydrogen-bond acceptors (Lipinski definition) is 4. The quantitative estimate of drug-likeness (QED) is 0.794. The van der Waals surface area contributed by atoms with Crippen molar-refractivity contribution >= 4 is 46.0 Å². The van der Waals surface area contributed by atoms with Gasteiger partial charge in [0.1, 0.15) is 5.25 Å². The predicted octanol–water partition coefficient (Wildman–Crippen LogP) is 3.22. The number of nitrogens with zero attached hydrogens (tertiary/aromatic N) is 1. The van der Waals surface area contributed by atoms with Gasteiger partial charge in [-0.25, -0.2) is 0 Å². The van der Waals surface area contributed by atoms with Crippen LogP contribution in [0.25, 0.3) is 0 Å². The van der Waals surface area contributed by atoms with E-state index in [1.807, 2.05) is 0 Å². The fraction of sp³-hybridized carbons (Fsp3) is 0.389. The van der Waals surface area contributed by atoms with Gasteiger partial charge in [-0.1, -0.05) is 47.6 Å². The third-order valence-corrected chi connectivity index (χ3v) is 6.25. The summed E-state index contributed by atoms with van der Waals surface area (Å²) in [4.78, 5) is 29.1. The molecule has 2 N–H and O–H groups in total. The van der Waals surface area contributed by atoms with Crippen LogP contribution in [0.3, 0.4) is 0 Å². The van der Waals surface area contributed by atoms with E-state index < -0.39 is 5.25 Å². The van der Waals surface area contributed by atoms with Gasteiger partial charge in [0, 0.05) is 6.42 Å². The molecule has 1 aliphatic heterocycles. The van der Waals surface area contributed by atoms with E-state index in [-0.39, 0.29) is 24.3 Å². The Labute approximate surface area is 155 Å². The SMILES string of the molecule is O=C(CC1SC(=NC2CC3C=CC2C3)NC1=O)Nc1ccccc1Cl. The first kappa shape index (κ1) is 16.7. The minimum Gasteiger partial charge on any atom is -0.325 e. The molecule has 0 radical (unpaired) electrons. The number of hydrogen-bond donors (Lipinski definition) is 2. The van der Waals surface area contributed by atoms with E-state index in [1.54, 1.807) is 24.3 Å². The molecule has 25 heavy (non-hydrogen) atoms. The normalized spacial score (nSPS) is 31.6. The molecule has 1 aromatic rings. The van der Waals surface area contributed by atoms with Gasteiger partial charge in [0.25, 0.3) is 0 Å². The van der Waals surface area contributed by atoms with Crippen molar-refractivity contribution in [1.29, 1.82) is 0 Å². The number of anilines is 1. The van der Waals surface area contributed by atoms with E-state index >= 15 is 0 Å². The number of nitrogens with one attached hydrogen (secondary N) is 2. The number of amidine groups is 1. The maximum atomic E-state index is 12.2. The summed E-state index contributed by atoms with van der Waals surface area (Å²) in [5.74, 6) is 0.748. The van der Waals surface area contributed by atoms with Crippen molar-refractivity contribution in [2.45, 2.75) is 30.6 Å². The van der Waals surface area contributed by atoms with E-state index in [0.29, 0.717) is 27.7 Å². The van der Waals surface area contributed by atoms with Crippen LogP contribution in [0.2, 0.25) is 5.02 Å². The van der Waals surface area contributed by atoms with Gasteiger partial charge < -0.3 is 10.6 Å². The van der Waals surface area contributed by atoms with E-state index in [1.165, 1.54) is 18.2 Å². The van der Waals surface area contributed by atoms with Gasteiger partial charge in [-0.05, 0) is 36.8 Å². The van der Waals surface area contributed by atoms with Crippen LogP contribution in [-0.2, 0) is 9.59 Å². The third-order valence-electron chi connectivity index (χ3n) is 4.82. The highest BCUT2D eigenvalue weighted by molar-refractivity contribution is 8.15. The van der Waals surface area contributed by atoms with Crippen molar-refractivity contribution < 1.29 is 9.59 Å². The molecule has 0 aromatic heterocycles. The van der Waals surface area contributed by atoms with Crippen LogP contribution in [0.15, 0.2) is 41.4 Å². The summed E-state index contributed by atoms with van der Waals surface area (Å²) >= 11 is 7.39. The Morgan fingerprint density at radius 1 is 1.32 bits per heavy atom. The number of thioether (sulfide) groups is 1. The first-order chi connectivity index (χ1) is 12.1. The summed E-state index contributed by atoms with van der Waals surface area (Å²) in [6.45, 7) is 0. The molecule has 5 nitrogen and oxygen atoms in total. The number of amides is 2. The molecule has 4 unspecified atom stereocenters. The predicted molar refractivity (Wildman–Crippen MR) is 101 cm³/mol. The molecule has 2 amide bonds. The Hall–Kier alpha value is -1.79. The van der Waals surface area contributed by atoms with Gasteiger partial charge in [0.05, 0.1) is 16.8 Å². The zero-order valence-electron chi connectivity index (χ0n) is 13.4. The minimum atomic E-state index is -0.449. The maximum absolute atomic E-state index is 12.2. The molecular weight excluding hydrogens is 358 g/mol. The summed E-state index contributed by atoms with van der Waals surface area (Å²) in [7, 11) is 0. The molecule has 130 valence electrons. The molecule has 2 fully saturated rings. The van der Waals surface area contributed by atoms with Crippen LogP contribution in [0.1, 0.15) is 19.3 Å². The first-order valence-electron chi connectivity index (χ1n) is 8.36. The lowest BCUT2D eigenvalue weighted by atomic mass is 10.0. The average Bonchev–Trinajstić information content (AvgIpc) is 3.27. The van der Waals surface area contributed by atoms with Crippen molar-refractivity contribution in [2.75, 3.05) is 5.32 Å². The average molecular weight is 376 g/mol. The van der Waals surface area contributed by atoms with Crippen molar-refractivity contribution in [2.24, 2.45) is 16.8 Å². The van der Waals surface area contributed by atoms with Crippen molar-refractivity contribution in [3.8, 4) is 0 Å². The third kappa shape index (κ3) is 3.60. The first-order valence-corrected chi connectivity index (χ1v) is 9.62. The Morgan fingerprint density at radius 2 is 2.16 bits per heavy atom. The largest absolute Gasteiger partial charge is 0.325 e. The van der Waals surface area contributed by atoms with E-state index in [0.717, 1.165) is 6.42 Å². The highest BCUT2D eigenvalue weighted by Crippen LogP contribution is 2.41. The molecule has 2 aliphatic carbocycles. The number of allylic oxidation sites excluding steroid dienone is 1. The van der Waals surface area contributed by atoms with Gasteiger partial charge in [0.2, 0.25) is 11.8 Å². The maximum Gasteiger partial charge on any atom is 0.240 e. The summed E-state index contributed by atoms with van der Waals surface area (Å²) < 4.78 is 0. The van der Waals surface area contributed by atoms with Gasteiger partial charge in [-0.3, -0.25) is 14.6 Å². The molecule has 0 spiro atoms. The molecule has 1 saturated carbocycles. The summed E-state index contributed by atoms with van der Waals surface area (Å²) in [5.41, 5.74) is 0.556. The van der Waals surface area contributed by atoms with Gasteiger partial charge in [-0.2, -0.15) is 0 Å². The second-order valence-electron chi connectivity index (χ2n) is 6.61. The summed E-state index contributed by atoms with van der Waals surface area (Å²) in [6, 6.07) is 7.30. The Bertz CT molecular complexity index is 779. The number of benzene rings is 1. The number of carbonyl (C=O) groups is 2. The number of para-hydroxylation sites is 1. The Balaban J connectivity index is 1.35. The molecule has 4 atom stereocenters. The van der Waals surface area contributed by atoms with Crippen molar-refractivity contribution in [3.63, 3.8) is 0 Å². The lowest BCUT2D eigenvalue weighted by Crippen LogP contribution is -2.28. The molecule has 1 aromatic carbocycles. The van der Waals surface area contributed by atoms with E-state index in [4.69, 9.17) is 16.6 Å². The molecular formula is C18H18ClN3O2S. The van der Waals surface area contributed by atoms with Gasteiger partial charge in [-0.15, -0.1) is 0 Å². The number of fused-ring (bicyclic) bond motifs is 2. The fourth-order valence-corrected chi connectivity index (χ4v) is 4.79. The second-order valence-corrected chi connectivity index (χ2v) is 8.21. The summed E-state index contributed by atoms with van der Waals surface area (Å²) in [6.07, 6.45) is 6.82. The number of carbonyl (C=O) groups excluding carboxylic acids is 2. The van der Waals surface area contributed by atoms with Crippen molar-refractivity contribution in [3.05, 3.63) is 41.4 Å². The van der Waals surface area contributed by atoms with E-state index in [2.05, 4.69) is 22.8 Å². The highest BCUT2D eigenvalue weighted by Gasteiger charge is 2.38. The lowest BCUT2D eigenvalue weighted by Gasteiger charge is -2.13. The highest BCUT2D eigenvalue weighted by atomic mass is 35.5. The monoisotopic (exact) mass is 375 g/mol. The van der Waals surface area contributed by atoms with Crippen molar-refractivity contribution in [1.82, 2.24) is 5.32 Å². The van der Waals surface area contributed by atoms with Crippen LogP contribution in [0, 0.1) is 11.8 Å². The second kappa shape index (κ2) is 6.84. The van der Waals surface area contributed by atoms with E-state index in [9.17, 15) is 9.59 Å². The number of aliphatic imine (C=N–C) groups is 1. The van der Waals surface area contributed by atoms with Crippen LogP contribution >= 0.6 is 23.4 Å². The molecule has 1 saturated heterocycles. The van der Waals surface area contributed by atoms with Crippen LogP contribution in [-0.4, -0.2) is 28.3 Å². The van der Waals surface area contributed by atoms with Crippen LogP contribution < -0.4 is 10.6 Å². The minimum absolute atomic E-state index is 0.0946. The zero-order chi connectivity index (χ0) is 17.4. The summed E-state index contributed by atoms with van der Waals surface area (Å²) in [5, 5.41) is 6.24. The zero-order valence-corrected chi connectivity index (χ0v) is 15.0. The van der Waals surface area contributed by atoms with Crippen LogP contribution in [0.4, 0.5) is 5.69 Å². The number of halogens is 1. The molecule has 2 bridgehead atoms. The lowest BCUT2D eigenvalue weighted by molar-refractivity contribution is -0.122.